The van der Waals surface area contributed by atoms with E-state index in [0.29, 0.717) is 0 Å². The molecule has 0 saturated carbocycles. The minimum atomic E-state index is -2.87. The van der Waals surface area contributed by atoms with Gasteiger partial charge in [-0.15, -0.1) is 0 Å². The molecule has 0 spiro atoms. The van der Waals surface area contributed by atoms with Crippen molar-refractivity contribution in [2.75, 3.05) is 7.11 Å². The Bertz CT molecular complexity index is 77.4. The van der Waals surface area contributed by atoms with E-state index in [1.807, 2.05) is 0 Å². The van der Waals surface area contributed by atoms with Gasteiger partial charge in [-0.1, -0.05) is 0 Å². The van der Waals surface area contributed by atoms with E-state index < -0.39 is 24.7 Å². The summed E-state index contributed by atoms with van der Waals surface area (Å²) in [4.78, 5) is 9.22. The van der Waals surface area contributed by atoms with E-state index in [2.05, 4.69) is 4.43 Å². The Hall–Kier alpha value is 0.516. The number of hydrogen-bond donors (Lipinski definition) is 0. The summed E-state index contributed by atoms with van der Waals surface area (Å²) < 4.78 is 29.9. The third-order valence-corrected chi connectivity index (χ3v) is 0.500. The Balaban J connectivity index is -0.0000000800. The number of rotatable bonds is 1. The van der Waals surface area contributed by atoms with E-state index in [0.717, 1.165) is 7.11 Å². The molecule has 0 N–H and O–H groups in total. The van der Waals surface area contributed by atoms with Gasteiger partial charge in [-0.25, -0.2) is 0 Å². The zero-order valence-electron chi connectivity index (χ0n) is 4.83. The summed E-state index contributed by atoms with van der Waals surface area (Å²) in [6, 6.07) is 0. The zero-order chi connectivity index (χ0) is 6.99. The third kappa shape index (κ3) is 57.1. The Morgan fingerprint density at radius 1 is 1.67 bits per heavy atom. The second kappa shape index (κ2) is 15.8. The van der Waals surface area contributed by atoms with Gasteiger partial charge in [-0.3, -0.25) is 0 Å². The molecule has 0 aliphatic carbocycles. The second-order valence-electron chi connectivity index (χ2n) is 0.550. The first-order valence-corrected chi connectivity index (χ1v) is 3.66. The van der Waals surface area contributed by atoms with Crippen LogP contribution in [0.3, 0.4) is 0 Å². The van der Waals surface area contributed by atoms with E-state index in [4.69, 9.17) is 7.96 Å². The molecule has 0 amide bonds. The van der Waals surface area contributed by atoms with Crippen molar-refractivity contribution in [2.24, 2.45) is 0 Å². The molecule has 0 aromatic heterocycles. The van der Waals surface area contributed by atoms with Crippen molar-refractivity contribution in [3.05, 3.63) is 0 Å². The van der Waals surface area contributed by atoms with Gasteiger partial charge >= 0.3 is 55.7 Å². The van der Waals surface area contributed by atoms with Crippen molar-refractivity contribution >= 4 is 47.7 Å². The maximum absolute atomic E-state index is 9.22. The zero-order valence-corrected chi connectivity index (χ0v) is 8.39. The van der Waals surface area contributed by atoms with Gasteiger partial charge in [-0.2, -0.15) is 0 Å². The first kappa shape index (κ1) is 16.3. The Morgan fingerprint density at radius 3 is 1.78 bits per heavy atom. The molecule has 0 aliphatic heterocycles. The first-order valence-electron chi connectivity index (χ1n) is 1.49. The molecule has 0 saturated heterocycles. The van der Waals surface area contributed by atoms with Crippen LogP contribution in [0.4, 0.5) is 0 Å². The molecule has 0 heterocycles. The third-order valence-electron chi connectivity index (χ3n) is 0.167. The maximum atomic E-state index is 9.22. The molecular weight excluding hydrogens is 171 g/mol. The molecule has 0 unspecified atom stereocenters. The van der Waals surface area contributed by atoms with Crippen LogP contribution in [0.5, 0.6) is 0 Å². The molecule has 0 fully saturated rings. The van der Waals surface area contributed by atoms with Crippen LogP contribution in [0, 0.1) is 0 Å². The first-order chi connectivity index (χ1) is 3.68. The van der Waals surface area contributed by atoms with E-state index >= 15 is 0 Å². The summed E-state index contributed by atoms with van der Waals surface area (Å²) in [7, 11) is -1.75. The molecule has 0 bridgehead atoms. The van der Waals surface area contributed by atoms with Gasteiger partial charge in [0.05, 0.1) is 0 Å². The molecule has 8 heteroatoms. The van der Waals surface area contributed by atoms with Gasteiger partial charge in [0.1, 0.15) is 0 Å². The van der Waals surface area contributed by atoms with Crippen LogP contribution in [0.15, 0.2) is 0 Å². The van der Waals surface area contributed by atoms with E-state index in [-0.39, 0.29) is 23.1 Å². The van der Waals surface area contributed by atoms with Crippen molar-refractivity contribution in [1.29, 1.82) is 0 Å². The minimum absolute atomic E-state index is 0. The van der Waals surface area contributed by atoms with Crippen molar-refractivity contribution < 1.29 is 21.6 Å². The normalized spacial score (nSPS) is 4.56. The fourth-order valence-corrected chi connectivity index (χ4v) is 0. The average molecular weight is 174 g/mol. The molecule has 0 rings (SSSR count). The van der Waals surface area contributed by atoms with Crippen LogP contribution in [0.2, 0.25) is 0 Å². The van der Waals surface area contributed by atoms with Crippen molar-refractivity contribution in [3.8, 4) is 0 Å². The van der Waals surface area contributed by atoms with Gasteiger partial charge in [-0.05, 0) is 0 Å². The fourth-order valence-electron chi connectivity index (χ4n) is 0. The predicted octanol–water partition coefficient (Wildman–Crippen LogP) is -3.66. The molecule has 0 aromatic rings. The predicted molar refractivity (Wildman–Crippen MR) is 25.6 cm³/mol. The molecule has 5 nitrogen and oxygen atoms in total. The van der Waals surface area contributed by atoms with Crippen molar-refractivity contribution in [3.63, 3.8) is 0 Å². The summed E-state index contributed by atoms with van der Waals surface area (Å²) in [6.45, 7) is 0. The summed E-state index contributed by atoms with van der Waals surface area (Å²) in [5, 5.41) is 0. The second-order valence-corrected chi connectivity index (χ2v) is 1.65. The van der Waals surface area contributed by atoms with Crippen LogP contribution in [-0.4, -0.2) is 54.8 Å². The topological polar surface area (TPSA) is 89.5 Å². The van der Waals surface area contributed by atoms with E-state index in [1.54, 1.807) is 0 Å². The monoisotopic (exact) mass is 174 g/mol. The SMILES string of the molecule is CO[Si](=O)[O-].[Mg+2].[O]=[Al][O-]. The molecule has 0 aliphatic rings. The van der Waals surface area contributed by atoms with Gasteiger partial charge in [0.15, 0.2) is 0 Å². The fraction of sp³-hybridized carbons (Fsp3) is 1.00. The summed E-state index contributed by atoms with van der Waals surface area (Å²) in [5.74, 6) is 0. The van der Waals surface area contributed by atoms with Crippen LogP contribution in [0.1, 0.15) is 0 Å². The van der Waals surface area contributed by atoms with Crippen LogP contribution in [0.25, 0.3) is 0 Å². The average Bonchev–Trinajstić information content (AvgIpc) is 1.69. The summed E-state index contributed by atoms with van der Waals surface area (Å²) in [5.41, 5.74) is 0. The van der Waals surface area contributed by atoms with Gasteiger partial charge in [0.25, 0.3) is 0 Å². The van der Waals surface area contributed by atoms with Gasteiger partial charge in [0, 0.05) is 7.11 Å². The Morgan fingerprint density at radius 2 is 1.78 bits per heavy atom. The summed E-state index contributed by atoms with van der Waals surface area (Å²) in [6.07, 6.45) is 0. The molecule has 9 heavy (non-hydrogen) atoms. The molecule has 0 radical (unpaired) electrons. The quantitative estimate of drug-likeness (QED) is 0.382. The molecular formula is CH3AlMgO5Si. The van der Waals surface area contributed by atoms with E-state index in [1.165, 1.54) is 0 Å². The summed E-state index contributed by atoms with van der Waals surface area (Å²) >= 11 is -1.75. The number of hydrogen-bond acceptors (Lipinski definition) is 5. The Kier molecular flexibility index (Phi) is 28.6. The van der Waals surface area contributed by atoms with Gasteiger partial charge in [0.2, 0.25) is 0 Å². The van der Waals surface area contributed by atoms with Crippen LogP contribution < -0.4 is 8.95 Å². The van der Waals surface area contributed by atoms with Crippen molar-refractivity contribution in [1.82, 2.24) is 0 Å². The standard InChI is InChI=1S/CH3O3Si.Al.Mg.2O/c1-4-5(2)3;;;;/h1H3;;;;/q-1;;+2;;-1. The van der Waals surface area contributed by atoms with Gasteiger partial charge < -0.3 is 13.7 Å². The van der Waals surface area contributed by atoms with Crippen molar-refractivity contribution in [2.45, 2.75) is 0 Å². The Labute approximate surface area is 76.3 Å². The van der Waals surface area contributed by atoms with Crippen LogP contribution in [-0.2, 0) is 12.7 Å². The van der Waals surface area contributed by atoms with E-state index in [9.17, 15) is 9.26 Å². The molecule has 46 valence electrons. The molecule has 0 atom stereocenters. The van der Waals surface area contributed by atoms with Crippen LogP contribution >= 0.6 is 0 Å². The molecule has 0 aromatic carbocycles.